The summed E-state index contributed by atoms with van der Waals surface area (Å²) in [7, 11) is 0. The van der Waals surface area contributed by atoms with Gasteiger partial charge in [-0.2, -0.15) is 5.26 Å². The van der Waals surface area contributed by atoms with Crippen molar-refractivity contribution in [3.8, 4) is 6.07 Å². The number of nitriles is 1. The first-order chi connectivity index (χ1) is 9.53. The van der Waals surface area contributed by atoms with E-state index in [2.05, 4.69) is 33.8 Å². The molecule has 1 rings (SSSR count). The number of carbonyl (C=O) groups is 1. The van der Waals surface area contributed by atoms with E-state index in [0.29, 0.717) is 17.0 Å². The van der Waals surface area contributed by atoms with Crippen LogP contribution in [0.1, 0.15) is 56.5 Å². The zero-order valence-corrected chi connectivity index (χ0v) is 12.9. The van der Waals surface area contributed by atoms with Crippen molar-refractivity contribution in [3.63, 3.8) is 0 Å². The lowest BCUT2D eigenvalue weighted by atomic mass is 10.0. The van der Waals surface area contributed by atoms with Gasteiger partial charge in [0.05, 0.1) is 11.6 Å². The molecule has 3 nitrogen and oxygen atoms in total. The summed E-state index contributed by atoms with van der Waals surface area (Å²) in [6.45, 7) is 9.21. The Morgan fingerprint density at radius 1 is 1.30 bits per heavy atom. The summed E-state index contributed by atoms with van der Waals surface area (Å²) in [6, 6.07) is 9.31. The molecule has 0 bridgehead atoms. The highest BCUT2D eigenvalue weighted by Gasteiger charge is 2.23. The number of benzene rings is 1. The van der Waals surface area contributed by atoms with E-state index in [1.54, 1.807) is 24.3 Å². The van der Waals surface area contributed by atoms with Gasteiger partial charge in [-0.25, -0.2) is 0 Å². The Bertz CT molecular complexity index is 484. The first-order valence-electron chi connectivity index (χ1n) is 7.34. The maximum absolute atomic E-state index is 12.7. The molecule has 0 saturated heterocycles. The van der Waals surface area contributed by atoms with Crippen LogP contribution in [0.4, 0.5) is 0 Å². The van der Waals surface area contributed by atoms with Crippen molar-refractivity contribution in [2.75, 3.05) is 6.54 Å². The summed E-state index contributed by atoms with van der Waals surface area (Å²) >= 11 is 0. The Morgan fingerprint density at radius 2 is 1.95 bits per heavy atom. The maximum atomic E-state index is 12.7. The van der Waals surface area contributed by atoms with Gasteiger partial charge in [0.2, 0.25) is 0 Å². The highest BCUT2D eigenvalue weighted by atomic mass is 16.2. The number of rotatable bonds is 6. The molecule has 0 N–H and O–H groups in total. The molecule has 0 spiro atoms. The summed E-state index contributed by atoms with van der Waals surface area (Å²) in [4.78, 5) is 14.7. The molecule has 0 radical (unpaired) electrons. The van der Waals surface area contributed by atoms with Crippen LogP contribution in [0.15, 0.2) is 24.3 Å². The van der Waals surface area contributed by atoms with Gasteiger partial charge in [0.1, 0.15) is 0 Å². The Labute approximate surface area is 122 Å². The molecule has 108 valence electrons. The summed E-state index contributed by atoms with van der Waals surface area (Å²) in [5.74, 6) is 0.461. The van der Waals surface area contributed by atoms with Crippen molar-refractivity contribution in [1.82, 2.24) is 4.90 Å². The smallest absolute Gasteiger partial charge is 0.254 e. The van der Waals surface area contributed by atoms with Crippen molar-refractivity contribution >= 4 is 5.91 Å². The number of hydrogen-bond acceptors (Lipinski definition) is 2. The molecule has 0 fully saturated rings. The second-order valence-electron chi connectivity index (χ2n) is 5.51. The van der Waals surface area contributed by atoms with Gasteiger partial charge in [0.15, 0.2) is 0 Å². The van der Waals surface area contributed by atoms with E-state index in [4.69, 9.17) is 5.26 Å². The molecule has 20 heavy (non-hydrogen) atoms. The van der Waals surface area contributed by atoms with Gasteiger partial charge < -0.3 is 4.90 Å². The third-order valence-corrected chi connectivity index (χ3v) is 3.44. The first-order valence-corrected chi connectivity index (χ1v) is 7.34. The van der Waals surface area contributed by atoms with Crippen molar-refractivity contribution in [2.45, 2.75) is 46.6 Å². The fraction of sp³-hybridized carbons (Fsp3) is 0.529. The standard InChI is InChI=1S/C17H24N2O/c1-5-16(6-2)19(12-13(3)4)17(20)15-9-7-8-14(10-15)11-18/h7-10,13,16H,5-6,12H2,1-4H3. The fourth-order valence-electron chi connectivity index (χ4n) is 2.41. The van der Waals surface area contributed by atoms with Crippen molar-refractivity contribution in [3.05, 3.63) is 35.4 Å². The van der Waals surface area contributed by atoms with Gasteiger partial charge in [-0.05, 0) is 37.0 Å². The molecule has 1 aromatic rings. The third-order valence-electron chi connectivity index (χ3n) is 3.44. The molecule has 0 aliphatic rings. The molecule has 0 unspecified atom stereocenters. The minimum atomic E-state index is 0.0319. The average Bonchev–Trinajstić information content (AvgIpc) is 2.46. The highest BCUT2D eigenvalue weighted by molar-refractivity contribution is 5.94. The summed E-state index contributed by atoms with van der Waals surface area (Å²) in [5, 5.41) is 8.95. The molecule has 0 aromatic heterocycles. The van der Waals surface area contributed by atoms with Gasteiger partial charge in [-0.3, -0.25) is 4.79 Å². The minimum Gasteiger partial charge on any atom is -0.335 e. The van der Waals surface area contributed by atoms with Gasteiger partial charge in [-0.1, -0.05) is 33.8 Å². The van der Waals surface area contributed by atoms with Crippen LogP contribution in [0.3, 0.4) is 0 Å². The van der Waals surface area contributed by atoms with Crippen LogP contribution < -0.4 is 0 Å². The quantitative estimate of drug-likeness (QED) is 0.789. The minimum absolute atomic E-state index is 0.0319. The maximum Gasteiger partial charge on any atom is 0.254 e. The van der Waals surface area contributed by atoms with Gasteiger partial charge in [0, 0.05) is 18.2 Å². The van der Waals surface area contributed by atoms with E-state index in [-0.39, 0.29) is 11.9 Å². The Kier molecular flexibility index (Phi) is 6.24. The van der Waals surface area contributed by atoms with E-state index in [9.17, 15) is 4.79 Å². The van der Waals surface area contributed by atoms with Gasteiger partial charge >= 0.3 is 0 Å². The van der Waals surface area contributed by atoms with Crippen LogP contribution in [0.5, 0.6) is 0 Å². The summed E-state index contributed by atoms with van der Waals surface area (Å²) in [6.07, 6.45) is 1.90. The molecule has 0 saturated carbocycles. The highest BCUT2D eigenvalue weighted by Crippen LogP contribution is 2.16. The monoisotopic (exact) mass is 272 g/mol. The molecule has 0 aliphatic heterocycles. The van der Waals surface area contributed by atoms with Crippen LogP contribution in [0.25, 0.3) is 0 Å². The Morgan fingerprint density at radius 3 is 2.45 bits per heavy atom. The SMILES string of the molecule is CCC(CC)N(CC(C)C)C(=O)c1cccc(C#N)c1. The molecule has 0 atom stereocenters. The van der Waals surface area contributed by atoms with Crippen molar-refractivity contribution in [1.29, 1.82) is 5.26 Å². The number of hydrogen-bond donors (Lipinski definition) is 0. The largest absolute Gasteiger partial charge is 0.335 e. The fourth-order valence-corrected chi connectivity index (χ4v) is 2.41. The van der Waals surface area contributed by atoms with Crippen LogP contribution >= 0.6 is 0 Å². The zero-order valence-electron chi connectivity index (χ0n) is 12.9. The average molecular weight is 272 g/mol. The van der Waals surface area contributed by atoms with Crippen molar-refractivity contribution in [2.24, 2.45) is 5.92 Å². The predicted molar refractivity (Wildman–Crippen MR) is 81.4 cm³/mol. The van der Waals surface area contributed by atoms with E-state index in [0.717, 1.165) is 19.4 Å². The molecule has 1 amide bonds. The van der Waals surface area contributed by atoms with Gasteiger partial charge in [0.25, 0.3) is 5.91 Å². The number of nitrogens with zero attached hydrogens (tertiary/aromatic N) is 2. The molecular formula is C17H24N2O. The van der Waals surface area contributed by atoms with E-state index < -0.39 is 0 Å². The molecule has 3 heteroatoms. The lowest BCUT2D eigenvalue weighted by molar-refractivity contribution is 0.0640. The second kappa shape index (κ2) is 7.69. The van der Waals surface area contributed by atoms with Crippen LogP contribution in [0.2, 0.25) is 0 Å². The van der Waals surface area contributed by atoms with Crippen LogP contribution in [0, 0.1) is 17.2 Å². The Hall–Kier alpha value is -1.82. The lowest BCUT2D eigenvalue weighted by Crippen LogP contribution is -2.42. The zero-order chi connectivity index (χ0) is 15.1. The molecular weight excluding hydrogens is 248 g/mol. The first kappa shape index (κ1) is 16.2. The topological polar surface area (TPSA) is 44.1 Å². The number of carbonyl (C=O) groups excluding carboxylic acids is 1. The van der Waals surface area contributed by atoms with Crippen molar-refractivity contribution < 1.29 is 4.79 Å². The lowest BCUT2D eigenvalue weighted by Gasteiger charge is -2.32. The predicted octanol–water partition coefficient (Wildman–Crippen LogP) is 3.85. The molecule has 0 aliphatic carbocycles. The van der Waals surface area contributed by atoms with Crippen LogP contribution in [-0.4, -0.2) is 23.4 Å². The van der Waals surface area contributed by atoms with E-state index >= 15 is 0 Å². The van der Waals surface area contributed by atoms with Crippen LogP contribution in [-0.2, 0) is 0 Å². The summed E-state index contributed by atoms with van der Waals surface area (Å²) in [5.41, 5.74) is 1.14. The molecule has 1 aromatic carbocycles. The van der Waals surface area contributed by atoms with Gasteiger partial charge in [-0.15, -0.1) is 0 Å². The van der Waals surface area contributed by atoms with E-state index in [1.165, 1.54) is 0 Å². The van der Waals surface area contributed by atoms with E-state index in [1.807, 2.05) is 4.90 Å². The molecule has 0 heterocycles. The number of amides is 1. The third kappa shape index (κ3) is 4.09. The Balaban J connectivity index is 3.06. The second-order valence-corrected chi connectivity index (χ2v) is 5.51. The normalized spacial score (nSPS) is 10.7. The summed E-state index contributed by atoms with van der Waals surface area (Å²) < 4.78 is 0.